The zero-order chi connectivity index (χ0) is 18.7. The monoisotopic (exact) mass is 358 g/mol. The normalized spacial score (nSPS) is 12.2. The Balaban J connectivity index is 1.87. The molecule has 134 valence electrons. The number of methoxy groups -OCH3 is 1. The minimum absolute atomic E-state index is 0.156. The van der Waals surface area contributed by atoms with Gasteiger partial charge in [0.1, 0.15) is 18.8 Å². The number of carbonyl (C=O) groups excluding carboxylic acids is 2. The van der Waals surface area contributed by atoms with Crippen LogP contribution in [0.3, 0.4) is 0 Å². The highest BCUT2D eigenvalue weighted by atomic mass is 16.6. The molecule has 2 aromatic carbocycles. The summed E-state index contributed by atoms with van der Waals surface area (Å²) in [5.74, 6) is -0.695. The van der Waals surface area contributed by atoms with Gasteiger partial charge in [-0.15, -0.1) is 0 Å². The van der Waals surface area contributed by atoms with Crippen molar-refractivity contribution in [1.29, 1.82) is 0 Å². The zero-order valence-corrected chi connectivity index (χ0v) is 13.7. The van der Waals surface area contributed by atoms with E-state index in [9.17, 15) is 19.7 Å². The van der Waals surface area contributed by atoms with Crippen LogP contribution in [0, 0.1) is 10.1 Å². The van der Waals surface area contributed by atoms with Gasteiger partial charge in [0.25, 0.3) is 11.6 Å². The fraction of sp³-hybridized carbons (Fsp3) is 0.176. The van der Waals surface area contributed by atoms with E-state index in [2.05, 4.69) is 10.1 Å². The molecule has 0 radical (unpaired) electrons. The van der Waals surface area contributed by atoms with Crippen LogP contribution in [0.15, 0.2) is 36.4 Å². The standard InChI is InChI=1S/C17H14N2O7/c1-24-17(21)10-2-4-11(5-3-10)18-16(20)12-8-14-15(26-7-6-25-14)9-13(12)19(22)23/h2-5,8-9H,6-7H2,1H3,(H,18,20). The van der Waals surface area contributed by atoms with Crippen molar-refractivity contribution in [1.82, 2.24) is 0 Å². The highest BCUT2D eigenvalue weighted by molar-refractivity contribution is 6.07. The lowest BCUT2D eigenvalue weighted by atomic mass is 10.1. The Morgan fingerprint density at radius 1 is 1.12 bits per heavy atom. The molecule has 2 aromatic rings. The van der Waals surface area contributed by atoms with Crippen molar-refractivity contribution in [3.8, 4) is 11.5 Å². The van der Waals surface area contributed by atoms with E-state index in [0.717, 1.165) is 0 Å². The third-order valence-corrected chi connectivity index (χ3v) is 3.67. The molecule has 0 fully saturated rings. The summed E-state index contributed by atoms with van der Waals surface area (Å²) in [7, 11) is 1.26. The van der Waals surface area contributed by atoms with Crippen LogP contribution in [0.1, 0.15) is 20.7 Å². The summed E-state index contributed by atoms with van der Waals surface area (Å²) in [4.78, 5) is 34.5. The molecule has 3 rings (SSSR count). The van der Waals surface area contributed by atoms with E-state index in [1.54, 1.807) is 0 Å². The van der Waals surface area contributed by atoms with Gasteiger partial charge in [-0.05, 0) is 24.3 Å². The smallest absolute Gasteiger partial charge is 0.337 e. The maximum atomic E-state index is 12.5. The number of amides is 1. The molecule has 0 atom stereocenters. The summed E-state index contributed by atoms with van der Waals surface area (Å²) in [6, 6.07) is 8.38. The Morgan fingerprint density at radius 2 is 1.73 bits per heavy atom. The molecule has 26 heavy (non-hydrogen) atoms. The number of hydrogen-bond acceptors (Lipinski definition) is 7. The Labute approximate surface area is 147 Å². The Morgan fingerprint density at radius 3 is 2.31 bits per heavy atom. The number of ether oxygens (including phenoxy) is 3. The number of rotatable bonds is 4. The predicted molar refractivity (Wildman–Crippen MR) is 89.8 cm³/mol. The van der Waals surface area contributed by atoms with E-state index in [-0.39, 0.29) is 23.7 Å². The first-order valence-electron chi connectivity index (χ1n) is 7.57. The molecular weight excluding hydrogens is 344 g/mol. The molecule has 0 saturated carbocycles. The van der Waals surface area contributed by atoms with Crippen molar-refractivity contribution in [2.45, 2.75) is 0 Å². The number of hydrogen-bond donors (Lipinski definition) is 1. The van der Waals surface area contributed by atoms with Crippen molar-refractivity contribution in [2.75, 3.05) is 25.6 Å². The summed E-state index contributed by atoms with van der Waals surface area (Å²) >= 11 is 0. The number of fused-ring (bicyclic) bond motifs is 1. The molecule has 1 N–H and O–H groups in total. The Hall–Kier alpha value is -3.62. The molecule has 1 aliphatic rings. The Bertz CT molecular complexity index is 877. The molecule has 9 nitrogen and oxygen atoms in total. The fourth-order valence-corrected chi connectivity index (χ4v) is 2.42. The summed E-state index contributed by atoms with van der Waals surface area (Å²) in [5, 5.41) is 13.8. The van der Waals surface area contributed by atoms with Gasteiger partial charge in [0.2, 0.25) is 0 Å². The third kappa shape index (κ3) is 3.41. The predicted octanol–water partition coefficient (Wildman–Crippen LogP) is 2.40. The van der Waals surface area contributed by atoms with Crippen LogP contribution >= 0.6 is 0 Å². The SMILES string of the molecule is COC(=O)c1ccc(NC(=O)c2cc3c(cc2[N+](=O)[O-])OCCO3)cc1. The van der Waals surface area contributed by atoms with Crippen molar-refractivity contribution in [3.63, 3.8) is 0 Å². The summed E-state index contributed by atoms with van der Waals surface area (Å²) in [6.07, 6.45) is 0. The topological polar surface area (TPSA) is 117 Å². The number of nitrogens with zero attached hydrogens (tertiary/aromatic N) is 1. The number of nitrogens with one attached hydrogen (secondary N) is 1. The molecule has 0 unspecified atom stereocenters. The maximum absolute atomic E-state index is 12.5. The molecule has 1 amide bonds. The van der Waals surface area contributed by atoms with Gasteiger partial charge < -0.3 is 19.5 Å². The van der Waals surface area contributed by atoms with Crippen LogP contribution in [-0.2, 0) is 4.74 Å². The lowest BCUT2D eigenvalue weighted by molar-refractivity contribution is -0.385. The maximum Gasteiger partial charge on any atom is 0.337 e. The Kier molecular flexibility index (Phi) is 4.70. The second-order valence-electron chi connectivity index (χ2n) is 5.29. The van der Waals surface area contributed by atoms with E-state index in [4.69, 9.17) is 9.47 Å². The number of anilines is 1. The molecular formula is C17H14N2O7. The molecule has 0 bridgehead atoms. The van der Waals surface area contributed by atoms with Crippen LogP contribution in [0.25, 0.3) is 0 Å². The largest absolute Gasteiger partial charge is 0.486 e. The van der Waals surface area contributed by atoms with Crippen molar-refractivity contribution < 1.29 is 28.7 Å². The van der Waals surface area contributed by atoms with Gasteiger partial charge >= 0.3 is 5.97 Å². The number of esters is 1. The van der Waals surface area contributed by atoms with E-state index < -0.39 is 22.5 Å². The number of nitro benzene ring substituents is 1. The van der Waals surface area contributed by atoms with Crippen LogP contribution in [-0.4, -0.2) is 37.1 Å². The van der Waals surface area contributed by atoms with Crippen molar-refractivity contribution >= 4 is 23.3 Å². The van der Waals surface area contributed by atoms with Crippen LogP contribution in [0.5, 0.6) is 11.5 Å². The second kappa shape index (κ2) is 7.09. The van der Waals surface area contributed by atoms with Crippen molar-refractivity contribution in [3.05, 3.63) is 57.6 Å². The van der Waals surface area contributed by atoms with Crippen molar-refractivity contribution in [2.24, 2.45) is 0 Å². The molecule has 0 aliphatic carbocycles. The highest BCUT2D eigenvalue weighted by Crippen LogP contribution is 2.36. The lowest BCUT2D eigenvalue weighted by Crippen LogP contribution is -2.18. The number of carbonyl (C=O) groups is 2. The average molecular weight is 358 g/mol. The fourth-order valence-electron chi connectivity index (χ4n) is 2.42. The molecule has 0 spiro atoms. The summed E-state index contributed by atoms with van der Waals surface area (Å²) in [6.45, 7) is 0.573. The average Bonchev–Trinajstić information content (AvgIpc) is 2.66. The first-order chi connectivity index (χ1) is 12.5. The minimum Gasteiger partial charge on any atom is -0.486 e. The first kappa shape index (κ1) is 17.2. The van der Waals surface area contributed by atoms with Crippen LogP contribution in [0.2, 0.25) is 0 Å². The van der Waals surface area contributed by atoms with Gasteiger partial charge in [-0.3, -0.25) is 14.9 Å². The van der Waals surface area contributed by atoms with E-state index >= 15 is 0 Å². The summed E-state index contributed by atoms with van der Waals surface area (Å²) in [5.41, 5.74) is 0.136. The molecule has 1 aliphatic heterocycles. The van der Waals surface area contributed by atoms with Gasteiger partial charge in [-0.2, -0.15) is 0 Å². The van der Waals surface area contributed by atoms with E-state index in [1.807, 2.05) is 0 Å². The van der Waals surface area contributed by atoms with E-state index in [1.165, 1.54) is 43.5 Å². The molecule has 9 heteroatoms. The van der Waals surface area contributed by atoms with E-state index in [0.29, 0.717) is 17.9 Å². The number of benzene rings is 2. The summed E-state index contributed by atoms with van der Waals surface area (Å²) < 4.78 is 15.3. The molecule has 0 aromatic heterocycles. The molecule has 0 saturated heterocycles. The quantitative estimate of drug-likeness (QED) is 0.506. The van der Waals surface area contributed by atoms with Gasteiger partial charge in [-0.25, -0.2) is 4.79 Å². The first-order valence-corrected chi connectivity index (χ1v) is 7.57. The lowest BCUT2D eigenvalue weighted by Gasteiger charge is -2.18. The minimum atomic E-state index is -0.681. The second-order valence-corrected chi connectivity index (χ2v) is 5.29. The third-order valence-electron chi connectivity index (χ3n) is 3.67. The van der Waals surface area contributed by atoms with Crippen LogP contribution in [0.4, 0.5) is 11.4 Å². The van der Waals surface area contributed by atoms with Crippen LogP contribution < -0.4 is 14.8 Å². The van der Waals surface area contributed by atoms with Gasteiger partial charge in [-0.1, -0.05) is 0 Å². The van der Waals surface area contributed by atoms with Gasteiger partial charge in [0.15, 0.2) is 11.5 Å². The number of nitro groups is 1. The zero-order valence-electron chi connectivity index (χ0n) is 13.7. The molecule has 1 heterocycles. The highest BCUT2D eigenvalue weighted by Gasteiger charge is 2.26. The van der Waals surface area contributed by atoms with Gasteiger partial charge in [0, 0.05) is 11.8 Å². The van der Waals surface area contributed by atoms with Gasteiger partial charge in [0.05, 0.1) is 23.7 Å².